The molecule has 2 aliphatic rings. The number of ether oxygens (including phenoxy) is 2. The summed E-state index contributed by atoms with van der Waals surface area (Å²) in [6.45, 7) is 3.43. The third-order valence-corrected chi connectivity index (χ3v) is 3.46. The van der Waals surface area contributed by atoms with E-state index in [1.807, 2.05) is 0 Å². The fourth-order valence-electron chi connectivity index (χ4n) is 2.38. The van der Waals surface area contributed by atoms with Crippen LogP contribution in [0.25, 0.3) is 0 Å². The van der Waals surface area contributed by atoms with Gasteiger partial charge in [0, 0.05) is 25.7 Å². The van der Waals surface area contributed by atoms with Crippen LogP contribution < -0.4 is 0 Å². The van der Waals surface area contributed by atoms with Gasteiger partial charge in [-0.2, -0.15) is 0 Å². The van der Waals surface area contributed by atoms with Crippen LogP contribution in [-0.4, -0.2) is 85.4 Å². The molecule has 1 amide bonds. The number of amides is 1. The van der Waals surface area contributed by atoms with Crippen LogP contribution >= 0.6 is 0 Å². The standard InChI is InChI=1S/C12H20N2O5/c15-11(13-2-5-18-6-3-13)7-14(8-12(16)17)10-1-4-19-9-10/h10H,1-9H2,(H,16,17)/t10-/m0/s1. The van der Waals surface area contributed by atoms with E-state index in [1.54, 1.807) is 9.80 Å². The molecule has 2 fully saturated rings. The average molecular weight is 272 g/mol. The highest BCUT2D eigenvalue weighted by Gasteiger charge is 2.28. The third kappa shape index (κ3) is 4.15. The molecule has 0 aromatic rings. The summed E-state index contributed by atoms with van der Waals surface area (Å²) in [5, 5.41) is 8.94. The van der Waals surface area contributed by atoms with Crippen LogP contribution in [0.3, 0.4) is 0 Å². The zero-order chi connectivity index (χ0) is 13.7. The zero-order valence-corrected chi connectivity index (χ0v) is 10.9. The van der Waals surface area contributed by atoms with E-state index >= 15 is 0 Å². The van der Waals surface area contributed by atoms with Crippen molar-refractivity contribution in [3.05, 3.63) is 0 Å². The number of aliphatic carboxylic acids is 1. The number of nitrogens with zero attached hydrogens (tertiary/aromatic N) is 2. The van der Waals surface area contributed by atoms with Gasteiger partial charge < -0.3 is 19.5 Å². The molecule has 0 aromatic heterocycles. The van der Waals surface area contributed by atoms with Gasteiger partial charge in [0.2, 0.25) is 5.91 Å². The minimum absolute atomic E-state index is 0.0288. The van der Waals surface area contributed by atoms with Crippen LogP contribution in [0.4, 0.5) is 0 Å². The summed E-state index contributed by atoms with van der Waals surface area (Å²) in [5.74, 6) is -0.946. The molecule has 19 heavy (non-hydrogen) atoms. The molecule has 2 heterocycles. The number of carbonyl (C=O) groups is 2. The summed E-state index contributed by atoms with van der Waals surface area (Å²) < 4.78 is 10.5. The van der Waals surface area contributed by atoms with Crippen LogP contribution in [0, 0.1) is 0 Å². The van der Waals surface area contributed by atoms with Crippen molar-refractivity contribution < 1.29 is 24.2 Å². The molecule has 0 aliphatic carbocycles. The third-order valence-electron chi connectivity index (χ3n) is 3.46. The maximum Gasteiger partial charge on any atom is 0.317 e. The lowest BCUT2D eigenvalue weighted by Crippen LogP contribution is -2.49. The Morgan fingerprint density at radius 1 is 1.16 bits per heavy atom. The maximum atomic E-state index is 12.1. The Bertz CT molecular complexity index is 324. The summed E-state index contributed by atoms with van der Waals surface area (Å²) in [7, 11) is 0. The van der Waals surface area contributed by atoms with Crippen LogP contribution in [0.2, 0.25) is 0 Å². The van der Waals surface area contributed by atoms with Crippen molar-refractivity contribution in [2.75, 3.05) is 52.6 Å². The summed E-state index contributed by atoms with van der Waals surface area (Å²) in [4.78, 5) is 26.5. The summed E-state index contributed by atoms with van der Waals surface area (Å²) in [6, 6.07) is 0.0288. The zero-order valence-electron chi connectivity index (χ0n) is 10.9. The predicted octanol–water partition coefficient (Wildman–Crippen LogP) is -0.979. The Kier molecular flexibility index (Phi) is 5.12. The van der Waals surface area contributed by atoms with Gasteiger partial charge in [-0.05, 0) is 6.42 Å². The second-order valence-electron chi connectivity index (χ2n) is 4.81. The van der Waals surface area contributed by atoms with Crippen LogP contribution in [0.5, 0.6) is 0 Å². The summed E-state index contributed by atoms with van der Waals surface area (Å²) >= 11 is 0. The van der Waals surface area contributed by atoms with Crippen molar-refractivity contribution in [2.45, 2.75) is 12.5 Å². The Morgan fingerprint density at radius 2 is 1.89 bits per heavy atom. The summed E-state index contributed by atoms with van der Waals surface area (Å²) in [6.07, 6.45) is 0.781. The first-order valence-corrected chi connectivity index (χ1v) is 6.56. The first kappa shape index (κ1) is 14.2. The lowest BCUT2D eigenvalue weighted by molar-refractivity contribution is -0.142. The number of carbonyl (C=O) groups excluding carboxylic acids is 1. The van der Waals surface area contributed by atoms with Gasteiger partial charge in [-0.1, -0.05) is 0 Å². The Labute approximate surface area is 112 Å². The van der Waals surface area contributed by atoms with Crippen molar-refractivity contribution in [2.24, 2.45) is 0 Å². The molecule has 1 N–H and O–H groups in total. The summed E-state index contributed by atoms with van der Waals surface area (Å²) in [5.41, 5.74) is 0. The van der Waals surface area contributed by atoms with E-state index in [4.69, 9.17) is 14.6 Å². The molecule has 0 saturated carbocycles. The molecule has 0 bridgehead atoms. The van der Waals surface area contributed by atoms with E-state index in [0.29, 0.717) is 39.5 Å². The largest absolute Gasteiger partial charge is 0.480 e. The fourth-order valence-corrected chi connectivity index (χ4v) is 2.38. The van der Waals surface area contributed by atoms with Gasteiger partial charge in [-0.15, -0.1) is 0 Å². The van der Waals surface area contributed by atoms with Crippen LogP contribution in [0.1, 0.15) is 6.42 Å². The number of morpholine rings is 1. The molecule has 0 spiro atoms. The number of carboxylic acids is 1. The molecule has 2 aliphatic heterocycles. The highest BCUT2D eigenvalue weighted by atomic mass is 16.5. The van der Waals surface area contributed by atoms with Crippen LogP contribution in [-0.2, 0) is 19.1 Å². The van der Waals surface area contributed by atoms with Gasteiger partial charge in [0.25, 0.3) is 0 Å². The highest BCUT2D eigenvalue weighted by Crippen LogP contribution is 2.12. The predicted molar refractivity (Wildman–Crippen MR) is 65.8 cm³/mol. The highest BCUT2D eigenvalue weighted by molar-refractivity contribution is 5.79. The lowest BCUT2D eigenvalue weighted by Gasteiger charge is -2.31. The molecule has 7 heteroatoms. The van der Waals surface area contributed by atoms with Gasteiger partial charge in [-0.25, -0.2) is 0 Å². The first-order chi connectivity index (χ1) is 9.16. The van der Waals surface area contributed by atoms with E-state index in [9.17, 15) is 9.59 Å². The Morgan fingerprint density at radius 3 is 2.47 bits per heavy atom. The first-order valence-electron chi connectivity index (χ1n) is 6.56. The maximum absolute atomic E-state index is 12.1. The van der Waals surface area contributed by atoms with E-state index in [0.717, 1.165) is 6.42 Å². The Hall–Kier alpha value is -1.18. The van der Waals surface area contributed by atoms with E-state index < -0.39 is 5.97 Å². The number of carboxylic acid groups (broad SMARTS) is 1. The topological polar surface area (TPSA) is 79.3 Å². The van der Waals surface area contributed by atoms with E-state index in [2.05, 4.69) is 0 Å². The van der Waals surface area contributed by atoms with Crippen molar-refractivity contribution in [1.29, 1.82) is 0 Å². The normalized spacial score (nSPS) is 23.8. The van der Waals surface area contributed by atoms with Gasteiger partial charge >= 0.3 is 5.97 Å². The fraction of sp³-hybridized carbons (Fsp3) is 0.833. The van der Waals surface area contributed by atoms with Crippen molar-refractivity contribution in [3.8, 4) is 0 Å². The van der Waals surface area contributed by atoms with E-state index in [-0.39, 0.29) is 25.0 Å². The van der Waals surface area contributed by atoms with E-state index in [1.165, 1.54) is 0 Å². The second kappa shape index (κ2) is 6.83. The average Bonchev–Trinajstić information content (AvgIpc) is 2.92. The van der Waals surface area contributed by atoms with Crippen molar-refractivity contribution in [3.63, 3.8) is 0 Å². The Balaban J connectivity index is 1.90. The molecule has 2 saturated heterocycles. The monoisotopic (exact) mass is 272 g/mol. The SMILES string of the molecule is O=C(O)CN(CC(=O)N1CCOCC1)[C@H]1CCOC1. The minimum Gasteiger partial charge on any atom is -0.480 e. The van der Waals surface area contributed by atoms with Crippen molar-refractivity contribution >= 4 is 11.9 Å². The molecule has 0 aromatic carbocycles. The minimum atomic E-state index is -0.915. The van der Waals surface area contributed by atoms with Crippen molar-refractivity contribution in [1.82, 2.24) is 9.80 Å². The molecule has 7 nitrogen and oxygen atoms in total. The lowest BCUT2D eigenvalue weighted by atomic mass is 10.2. The molecule has 1 atom stereocenters. The van der Waals surface area contributed by atoms with Gasteiger partial charge in [0.15, 0.2) is 0 Å². The second-order valence-corrected chi connectivity index (χ2v) is 4.81. The van der Waals surface area contributed by atoms with Gasteiger partial charge in [0.1, 0.15) is 0 Å². The molecule has 0 unspecified atom stereocenters. The van der Waals surface area contributed by atoms with Crippen LogP contribution in [0.15, 0.2) is 0 Å². The van der Waals surface area contributed by atoms with Gasteiger partial charge in [0.05, 0.1) is 32.9 Å². The number of rotatable bonds is 5. The molecular formula is C12H20N2O5. The molecule has 2 rings (SSSR count). The quantitative estimate of drug-likeness (QED) is 0.693. The number of hydrogen-bond acceptors (Lipinski definition) is 5. The number of hydrogen-bond donors (Lipinski definition) is 1. The smallest absolute Gasteiger partial charge is 0.317 e. The molecule has 108 valence electrons. The molecular weight excluding hydrogens is 252 g/mol. The molecule has 0 radical (unpaired) electrons. The van der Waals surface area contributed by atoms with Gasteiger partial charge in [-0.3, -0.25) is 14.5 Å².